The lowest BCUT2D eigenvalue weighted by Crippen LogP contribution is -2.44. The van der Waals surface area contributed by atoms with E-state index in [0.29, 0.717) is 16.3 Å². The number of aromatic hydroxyl groups is 1. The number of thioether (sulfide) groups is 1. The van der Waals surface area contributed by atoms with Gasteiger partial charge in [-0.05, 0) is 67.9 Å². The molecular weight excluding hydrogens is 508 g/mol. The highest BCUT2D eigenvalue weighted by Gasteiger charge is 2.70. The molecule has 4 aliphatic rings. The lowest BCUT2D eigenvalue weighted by molar-refractivity contribution is -0.154. The number of imide groups is 1. The molecule has 2 aliphatic carbocycles. The van der Waals surface area contributed by atoms with Gasteiger partial charge in [0.25, 0.3) is 0 Å². The summed E-state index contributed by atoms with van der Waals surface area (Å²) in [5.41, 5.74) is 0.977. The van der Waals surface area contributed by atoms with Gasteiger partial charge < -0.3 is 19.9 Å². The molecule has 1 aromatic carbocycles. The number of carbonyl (C=O) groups is 3. The molecule has 8 nitrogen and oxygen atoms in total. The van der Waals surface area contributed by atoms with Crippen LogP contribution in [0.25, 0.3) is 0 Å². The molecule has 3 heterocycles. The van der Waals surface area contributed by atoms with Crippen molar-refractivity contribution in [3.8, 4) is 11.5 Å². The first kappa shape index (κ1) is 23.1. The van der Waals surface area contributed by atoms with E-state index in [1.54, 1.807) is 17.8 Å². The second-order valence-corrected chi connectivity index (χ2v) is 12.6. The van der Waals surface area contributed by atoms with Gasteiger partial charge in [-0.15, -0.1) is 23.1 Å². The first-order chi connectivity index (χ1) is 16.7. The quantitative estimate of drug-likeness (QED) is 0.392. The van der Waals surface area contributed by atoms with Crippen molar-refractivity contribution in [1.82, 2.24) is 9.88 Å². The number of thiazole rings is 1. The van der Waals surface area contributed by atoms with Crippen LogP contribution < -0.4 is 4.74 Å². The van der Waals surface area contributed by atoms with E-state index in [9.17, 15) is 24.6 Å². The van der Waals surface area contributed by atoms with Crippen molar-refractivity contribution in [3.05, 3.63) is 32.6 Å². The normalized spacial score (nSPS) is 33.4. The van der Waals surface area contributed by atoms with Crippen LogP contribution in [0.1, 0.15) is 36.6 Å². The van der Waals surface area contributed by atoms with Gasteiger partial charge in [-0.25, -0.2) is 4.79 Å². The number of likely N-dealkylation sites (tertiary alicyclic amines) is 1. The number of rotatable bonds is 5. The zero-order valence-electron chi connectivity index (χ0n) is 19.0. The lowest BCUT2D eigenvalue weighted by atomic mass is 9.68. The topological polar surface area (TPSA) is 120 Å². The molecule has 3 N–H and O–H groups in total. The molecule has 1 saturated heterocycles. The first-order valence-electron chi connectivity index (χ1n) is 11.7. The fourth-order valence-corrected chi connectivity index (χ4v) is 10.2. The molecule has 0 spiro atoms. The number of aromatic amines is 1. The van der Waals surface area contributed by atoms with E-state index in [-0.39, 0.29) is 46.5 Å². The molecule has 2 amide bonds. The zero-order chi connectivity index (χ0) is 24.8. The van der Waals surface area contributed by atoms with Gasteiger partial charge in [0.05, 0.1) is 23.5 Å². The second kappa shape index (κ2) is 8.07. The van der Waals surface area contributed by atoms with E-state index in [0.717, 1.165) is 26.8 Å². The summed E-state index contributed by atoms with van der Waals surface area (Å²) in [6.07, 6.45) is 0.771. The van der Waals surface area contributed by atoms with E-state index in [2.05, 4.69) is 4.98 Å². The van der Waals surface area contributed by atoms with Crippen molar-refractivity contribution in [1.29, 1.82) is 0 Å². The molecule has 2 aromatic rings. The minimum atomic E-state index is -1.18. The van der Waals surface area contributed by atoms with Gasteiger partial charge in [-0.1, -0.05) is 6.07 Å². The zero-order valence-corrected chi connectivity index (χ0v) is 21.4. The molecule has 3 fully saturated rings. The predicted octanol–water partition coefficient (Wildman–Crippen LogP) is 3.86. The summed E-state index contributed by atoms with van der Waals surface area (Å²) < 4.78 is 6.33. The van der Waals surface area contributed by atoms with E-state index in [1.807, 2.05) is 19.1 Å². The highest BCUT2D eigenvalue weighted by atomic mass is 32.2. The van der Waals surface area contributed by atoms with Gasteiger partial charge in [-0.3, -0.25) is 14.5 Å². The van der Waals surface area contributed by atoms with Crippen molar-refractivity contribution in [2.75, 3.05) is 6.61 Å². The summed E-state index contributed by atoms with van der Waals surface area (Å²) in [6, 6.07) is 4.23. The number of nitrogens with one attached hydrogen (secondary N) is 1. The van der Waals surface area contributed by atoms with Crippen LogP contribution in [0.4, 0.5) is 0 Å². The molecule has 11 heteroatoms. The van der Waals surface area contributed by atoms with E-state index in [4.69, 9.17) is 17.0 Å². The Morgan fingerprint density at radius 2 is 2.00 bits per heavy atom. The molecule has 8 atom stereocenters. The number of aliphatic carboxylic acids is 1. The minimum absolute atomic E-state index is 0.0107. The Kier molecular flexibility index (Phi) is 5.32. The number of benzene rings is 1. The number of carboxylic acids is 1. The third-order valence-corrected chi connectivity index (χ3v) is 11.1. The Morgan fingerprint density at radius 1 is 1.29 bits per heavy atom. The van der Waals surface area contributed by atoms with Gasteiger partial charge in [0.1, 0.15) is 6.04 Å². The molecule has 0 radical (unpaired) electrons. The fourth-order valence-electron chi connectivity index (χ4n) is 6.90. The van der Waals surface area contributed by atoms with Crippen molar-refractivity contribution in [2.45, 2.75) is 42.5 Å². The molecule has 6 rings (SSSR count). The maximum absolute atomic E-state index is 13.4. The smallest absolute Gasteiger partial charge is 0.326 e. The second-order valence-electron chi connectivity index (χ2n) is 9.68. The molecule has 1 aromatic heterocycles. The highest BCUT2D eigenvalue weighted by Crippen LogP contribution is 2.69. The molecule has 2 aliphatic heterocycles. The number of carboxylic acid groups (broad SMARTS) is 1. The predicted molar refractivity (Wildman–Crippen MR) is 131 cm³/mol. The number of nitrogens with zero attached hydrogens (tertiary/aromatic N) is 1. The Morgan fingerprint density at radius 3 is 2.69 bits per heavy atom. The van der Waals surface area contributed by atoms with E-state index < -0.39 is 23.8 Å². The molecule has 2 saturated carbocycles. The number of phenols is 1. The van der Waals surface area contributed by atoms with Crippen LogP contribution >= 0.6 is 35.3 Å². The number of aromatic nitrogens is 1. The van der Waals surface area contributed by atoms with Crippen molar-refractivity contribution in [2.24, 2.45) is 29.6 Å². The average molecular weight is 533 g/mol. The van der Waals surface area contributed by atoms with E-state index >= 15 is 0 Å². The summed E-state index contributed by atoms with van der Waals surface area (Å²) in [5.74, 6) is -2.38. The summed E-state index contributed by atoms with van der Waals surface area (Å²) >= 11 is 8.71. The maximum Gasteiger partial charge on any atom is 0.326 e. The van der Waals surface area contributed by atoms with Gasteiger partial charge >= 0.3 is 5.97 Å². The van der Waals surface area contributed by atoms with Gasteiger partial charge in [-0.2, -0.15) is 0 Å². The van der Waals surface area contributed by atoms with Crippen LogP contribution in [0.15, 0.2) is 23.2 Å². The van der Waals surface area contributed by atoms with Gasteiger partial charge in [0, 0.05) is 16.0 Å². The summed E-state index contributed by atoms with van der Waals surface area (Å²) in [4.78, 5) is 43.8. The number of fused-ring (bicyclic) bond motifs is 9. The fraction of sp³-hybridized carbons (Fsp3) is 0.500. The van der Waals surface area contributed by atoms with Gasteiger partial charge in [0.15, 0.2) is 15.5 Å². The third kappa shape index (κ3) is 3.17. The Labute approximate surface area is 214 Å². The summed E-state index contributed by atoms with van der Waals surface area (Å²) in [7, 11) is 0. The average Bonchev–Trinajstić information content (AvgIpc) is 3.54. The molecule has 184 valence electrons. The molecular formula is C24H24N2O6S3. The SMILES string of the molecule is CCOc1cc(C2c3sc(=S)[nH]c3SC3C4CC(C5C(=O)N(C(C)C(=O)O)C(=O)C45)C23)ccc1O. The van der Waals surface area contributed by atoms with Crippen LogP contribution in [0.2, 0.25) is 0 Å². The number of hydrogen-bond acceptors (Lipinski definition) is 8. The number of hydrogen-bond donors (Lipinski definition) is 3. The van der Waals surface area contributed by atoms with Gasteiger partial charge in [0.2, 0.25) is 11.8 Å². The van der Waals surface area contributed by atoms with Crippen LogP contribution in [0.5, 0.6) is 11.5 Å². The maximum atomic E-state index is 13.4. The number of amides is 2. The van der Waals surface area contributed by atoms with Crippen molar-refractivity contribution < 1.29 is 29.3 Å². The number of ether oxygens (including phenoxy) is 1. The minimum Gasteiger partial charge on any atom is -0.504 e. The van der Waals surface area contributed by atoms with Crippen LogP contribution in [-0.4, -0.2) is 55.8 Å². The number of phenolic OH excluding ortho intramolecular Hbond substituents is 1. The Hall–Kier alpha value is -2.37. The first-order valence-corrected chi connectivity index (χ1v) is 13.8. The number of H-pyrrole nitrogens is 1. The molecule has 8 unspecified atom stereocenters. The Bertz CT molecular complexity index is 1320. The molecule has 2 bridgehead atoms. The highest BCUT2D eigenvalue weighted by molar-refractivity contribution is 8.00. The third-order valence-electron chi connectivity index (χ3n) is 8.15. The lowest BCUT2D eigenvalue weighted by Gasteiger charge is -2.43. The summed E-state index contributed by atoms with van der Waals surface area (Å²) in [5, 5.41) is 20.9. The Balaban J connectivity index is 1.45. The monoisotopic (exact) mass is 532 g/mol. The van der Waals surface area contributed by atoms with E-state index in [1.165, 1.54) is 18.3 Å². The molecule has 35 heavy (non-hydrogen) atoms. The van der Waals surface area contributed by atoms with Crippen molar-refractivity contribution in [3.63, 3.8) is 0 Å². The standard InChI is InChI=1S/C24H24N2O6S3/c1-3-32-13-6-9(4-5-12(13)27)14-15-10-7-11(18(15)34-20-19(14)35-24(33)25-20)17-16(10)21(28)26(22(17)29)8(2)23(30)31/h4-6,8,10-11,14-18,27H,3,7H2,1-2H3,(H,25,33)(H,30,31). The van der Waals surface area contributed by atoms with Crippen molar-refractivity contribution >= 4 is 53.1 Å². The summed E-state index contributed by atoms with van der Waals surface area (Å²) in [6.45, 7) is 3.67. The van der Waals surface area contributed by atoms with Crippen LogP contribution in [0, 0.1) is 33.5 Å². The number of carbonyl (C=O) groups excluding carboxylic acids is 2. The van der Waals surface area contributed by atoms with Crippen LogP contribution in [0.3, 0.4) is 0 Å². The van der Waals surface area contributed by atoms with Crippen LogP contribution in [-0.2, 0) is 14.4 Å². The largest absolute Gasteiger partial charge is 0.504 e.